The van der Waals surface area contributed by atoms with Crippen molar-refractivity contribution in [1.29, 1.82) is 0 Å². The molecule has 1 saturated heterocycles. The van der Waals surface area contributed by atoms with Crippen molar-refractivity contribution in [2.75, 3.05) is 20.1 Å². The summed E-state index contributed by atoms with van der Waals surface area (Å²) in [5.41, 5.74) is 2.83. The lowest BCUT2D eigenvalue weighted by Crippen LogP contribution is -2.37. The van der Waals surface area contributed by atoms with Crippen LogP contribution in [0.25, 0.3) is 0 Å². The van der Waals surface area contributed by atoms with Crippen molar-refractivity contribution in [1.82, 2.24) is 14.8 Å². The fourth-order valence-electron chi connectivity index (χ4n) is 3.71. The largest absolute Gasteiger partial charge is 0.344 e. The Kier molecular flexibility index (Phi) is 4.63. The Bertz CT molecular complexity index is 488. The summed E-state index contributed by atoms with van der Waals surface area (Å²) in [5.74, 6) is 0.279. The first kappa shape index (κ1) is 14.6. The van der Waals surface area contributed by atoms with Gasteiger partial charge in [-0.1, -0.05) is 6.42 Å². The van der Waals surface area contributed by atoms with Gasteiger partial charge in [-0.3, -0.25) is 4.79 Å². The minimum atomic E-state index is 0.279. The first-order valence-corrected chi connectivity index (χ1v) is 8.41. The van der Waals surface area contributed by atoms with Gasteiger partial charge in [-0.05, 0) is 56.7 Å². The Morgan fingerprint density at radius 3 is 2.76 bits per heavy atom. The molecule has 1 unspecified atom stereocenters. The van der Waals surface area contributed by atoms with Crippen LogP contribution < -0.4 is 5.32 Å². The number of likely N-dealkylation sites (tertiary alicyclic amines) is 1. The summed E-state index contributed by atoms with van der Waals surface area (Å²) in [4.78, 5) is 14.4. The molecule has 2 aliphatic rings. The van der Waals surface area contributed by atoms with Crippen molar-refractivity contribution in [2.45, 2.75) is 57.5 Å². The third-order valence-electron chi connectivity index (χ3n) is 4.94. The molecule has 116 valence electrons. The molecule has 1 atom stereocenters. The smallest absolute Gasteiger partial charge is 0.242 e. The standard InChI is InChI=1S/C17H27N3O/c1-18-16-8-4-3-7-14-11-19(12-15(14)16)13-17(21)20-9-5-2-6-10-20/h11-12,16,18H,2-10,13H2,1H3. The molecular weight excluding hydrogens is 262 g/mol. The zero-order chi connectivity index (χ0) is 14.7. The van der Waals surface area contributed by atoms with E-state index in [4.69, 9.17) is 0 Å². The van der Waals surface area contributed by atoms with Gasteiger partial charge in [-0.2, -0.15) is 0 Å². The van der Waals surface area contributed by atoms with E-state index in [0.29, 0.717) is 12.6 Å². The third-order valence-corrected chi connectivity index (χ3v) is 4.94. The number of aryl methyl sites for hydroxylation is 1. The number of aromatic nitrogens is 1. The number of carbonyl (C=O) groups is 1. The number of piperidine rings is 1. The van der Waals surface area contributed by atoms with Crippen LogP contribution in [0.3, 0.4) is 0 Å². The third kappa shape index (κ3) is 3.31. The van der Waals surface area contributed by atoms with E-state index in [9.17, 15) is 4.79 Å². The molecule has 4 nitrogen and oxygen atoms in total. The summed E-state index contributed by atoms with van der Waals surface area (Å²) < 4.78 is 2.11. The number of fused-ring (bicyclic) bond motifs is 1. The van der Waals surface area contributed by atoms with Crippen molar-refractivity contribution in [2.24, 2.45) is 0 Å². The molecule has 1 N–H and O–H groups in total. The summed E-state index contributed by atoms with van der Waals surface area (Å²) in [7, 11) is 2.04. The highest BCUT2D eigenvalue weighted by molar-refractivity contribution is 5.76. The molecule has 1 aromatic rings. The van der Waals surface area contributed by atoms with Crippen molar-refractivity contribution in [3.8, 4) is 0 Å². The molecule has 0 bridgehead atoms. The maximum atomic E-state index is 12.4. The van der Waals surface area contributed by atoms with Gasteiger partial charge in [0.15, 0.2) is 0 Å². The van der Waals surface area contributed by atoms with Gasteiger partial charge in [0.05, 0.1) is 0 Å². The van der Waals surface area contributed by atoms with Crippen LogP contribution in [0.2, 0.25) is 0 Å². The van der Waals surface area contributed by atoms with Gasteiger partial charge < -0.3 is 14.8 Å². The van der Waals surface area contributed by atoms with Crippen LogP contribution in [0.4, 0.5) is 0 Å². The Labute approximate surface area is 127 Å². The average Bonchev–Trinajstić information content (AvgIpc) is 2.81. The fraction of sp³-hybridized carbons (Fsp3) is 0.706. The number of hydrogen-bond acceptors (Lipinski definition) is 2. The van der Waals surface area contributed by atoms with E-state index in [1.807, 2.05) is 11.9 Å². The monoisotopic (exact) mass is 289 g/mol. The molecule has 1 fully saturated rings. The zero-order valence-electron chi connectivity index (χ0n) is 13.1. The minimum Gasteiger partial charge on any atom is -0.344 e. The summed E-state index contributed by atoms with van der Waals surface area (Å²) in [6, 6.07) is 0.453. The molecule has 1 aromatic heterocycles. The number of carbonyl (C=O) groups excluding carboxylic acids is 1. The van der Waals surface area contributed by atoms with Crippen molar-refractivity contribution >= 4 is 5.91 Å². The number of nitrogens with zero attached hydrogens (tertiary/aromatic N) is 2. The van der Waals surface area contributed by atoms with Crippen LogP contribution >= 0.6 is 0 Å². The number of amides is 1. The van der Waals surface area contributed by atoms with Gasteiger partial charge >= 0.3 is 0 Å². The van der Waals surface area contributed by atoms with Gasteiger partial charge in [-0.15, -0.1) is 0 Å². The molecule has 0 aromatic carbocycles. The molecule has 0 radical (unpaired) electrons. The normalized spacial score (nSPS) is 22.7. The topological polar surface area (TPSA) is 37.3 Å². The summed E-state index contributed by atoms with van der Waals surface area (Å²) in [5, 5.41) is 3.42. The predicted octanol–water partition coefficient (Wildman–Crippen LogP) is 2.49. The van der Waals surface area contributed by atoms with Gasteiger partial charge in [0, 0.05) is 31.5 Å². The van der Waals surface area contributed by atoms with E-state index in [-0.39, 0.29) is 5.91 Å². The number of hydrogen-bond donors (Lipinski definition) is 1. The minimum absolute atomic E-state index is 0.279. The summed E-state index contributed by atoms with van der Waals surface area (Å²) in [6.07, 6.45) is 12.9. The maximum Gasteiger partial charge on any atom is 0.242 e. The average molecular weight is 289 g/mol. The van der Waals surface area contributed by atoms with E-state index in [1.54, 1.807) is 0 Å². The zero-order valence-corrected chi connectivity index (χ0v) is 13.1. The van der Waals surface area contributed by atoms with Crippen LogP contribution in [0.15, 0.2) is 12.4 Å². The Balaban J connectivity index is 1.70. The summed E-state index contributed by atoms with van der Waals surface area (Å²) in [6.45, 7) is 2.39. The molecule has 1 amide bonds. The molecule has 4 heteroatoms. The second-order valence-corrected chi connectivity index (χ2v) is 6.44. The first-order valence-electron chi connectivity index (χ1n) is 8.41. The van der Waals surface area contributed by atoms with Crippen LogP contribution in [0, 0.1) is 0 Å². The molecule has 1 aliphatic heterocycles. The molecule has 2 heterocycles. The fourth-order valence-corrected chi connectivity index (χ4v) is 3.71. The van der Waals surface area contributed by atoms with E-state index in [0.717, 1.165) is 32.4 Å². The molecule has 0 saturated carbocycles. The van der Waals surface area contributed by atoms with E-state index < -0.39 is 0 Å². The highest BCUT2D eigenvalue weighted by atomic mass is 16.2. The molecule has 21 heavy (non-hydrogen) atoms. The summed E-state index contributed by atoms with van der Waals surface area (Å²) >= 11 is 0. The number of nitrogens with one attached hydrogen (secondary N) is 1. The van der Waals surface area contributed by atoms with Crippen LogP contribution in [0.1, 0.15) is 55.7 Å². The maximum absolute atomic E-state index is 12.4. The second-order valence-electron chi connectivity index (χ2n) is 6.44. The number of rotatable bonds is 3. The molecular formula is C17H27N3O. The van der Waals surface area contributed by atoms with E-state index >= 15 is 0 Å². The highest BCUT2D eigenvalue weighted by Crippen LogP contribution is 2.29. The van der Waals surface area contributed by atoms with Crippen LogP contribution in [-0.2, 0) is 17.8 Å². The van der Waals surface area contributed by atoms with Crippen molar-refractivity contribution in [3.05, 3.63) is 23.5 Å². The van der Waals surface area contributed by atoms with Crippen molar-refractivity contribution in [3.63, 3.8) is 0 Å². The Morgan fingerprint density at radius 2 is 2.00 bits per heavy atom. The molecule has 0 spiro atoms. The lowest BCUT2D eigenvalue weighted by Gasteiger charge is -2.26. The Hall–Kier alpha value is -1.29. The van der Waals surface area contributed by atoms with E-state index in [1.165, 1.54) is 36.8 Å². The lowest BCUT2D eigenvalue weighted by atomic mass is 10.1. The van der Waals surface area contributed by atoms with Crippen molar-refractivity contribution < 1.29 is 4.79 Å². The van der Waals surface area contributed by atoms with Gasteiger partial charge in [0.25, 0.3) is 0 Å². The highest BCUT2D eigenvalue weighted by Gasteiger charge is 2.21. The van der Waals surface area contributed by atoms with Crippen LogP contribution in [-0.4, -0.2) is 35.5 Å². The Morgan fingerprint density at radius 1 is 1.19 bits per heavy atom. The molecule has 3 rings (SSSR count). The van der Waals surface area contributed by atoms with Gasteiger partial charge in [-0.25, -0.2) is 0 Å². The SMILES string of the molecule is CNC1CCCCc2cn(CC(=O)N3CCCCC3)cc21. The molecule has 1 aliphatic carbocycles. The lowest BCUT2D eigenvalue weighted by molar-refractivity contribution is -0.132. The van der Waals surface area contributed by atoms with Crippen LogP contribution in [0.5, 0.6) is 0 Å². The van der Waals surface area contributed by atoms with Gasteiger partial charge in [0.2, 0.25) is 5.91 Å². The first-order chi connectivity index (χ1) is 10.3. The predicted molar refractivity (Wildman–Crippen MR) is 84.2 cm³/mol. The second kappa shape index (κ2) is 6.65. The quantitative estimate of drug-likeness (QED) is 0.868. The van der Waals surface area contributed by atoms with E-state index in [2.05, 4.69) is 22.3 Å². The van der Waals surface area contributed by atoms with Gasteiger partial charge in [0.1, 0.15) is 6.54 Å².